The molecular formula is C17H24N4O2. The van der Waals surface area contributed by atoms with Gasteiger partial charge in [0.25, 0.3) is 0 Å². The van der Waals surface area contributed by atoms with Crippen LogP contribution in [0.4, 0.5) is 10.6 Å². The van der Waals surface area contributed by atoms with E-state index in [0.29, 0.717) is 13.1 Å². The summed E-state index contributed by atoms with van der Waals surface area (Å²) in [4.78, 5) is 20.7. The number of hydrogen-bond acceptors (Lipinski definition) is 4. The van der Waals surface area contributed by atoms with Gasteiger partial charge in [0.1, 0.15) is 17.1 Å². The zero-order valence-corrected chi connectivity index (χ0v) is 14.2. The SMILES string of the molecule is Cc1cn2c(N3CCN(C(=O)OC(C)(C)C)CC3)cccc2n1. The second-order valence-corrected chi connectivity index (χ2v) is 6.95. The van der Waals surface area contributed by atoms with Crippen molar-refractivity contribution in [3.8, 4) is 0 Å². The topological polar surface area (TPSA) is 50.1 Å². The van der Waals surface area contributed by atoms with Crippen molar-refractivity contribution in [2.45, 2.75) is 33.3 Å². The minimum atomic E-state index is -0.450. The first-order valence-electron chi connectivity index (χ1n) is 8.01. The molecule has 1 aliphatic rings. The van der Waals surface area contributed by atoms with Crippen LogP contribution < -0.4 is 4.90 Å². The summed E-state index contributed by atoms with van der Waals surface area (Å²) in [6.45, 7) is 10.6. The summed E-state index contributed by atoms with van der Waals surface area (Å²) < 4.78 is 7.55. The first-order valence-corrected chi connectivity index (χ1v) is 8.01. The third kappa shape index (κ3) is 3.41. The van der Waals surface area contributed by atoms with Gasteiger partial charge in [-0.2, -0.15) is 0 Å². The number of rotatable bonds is 1. The molecule has 0 aromatic carbocycles. The Morgan fingerprint density at radius 3 is 2.52 bits per heavy atom. The number of hydrogen-bond donors (Lipinski definition) is 0. The van der Waals surface area contributed by atoms with Crippen molar-refractivity contribution in [1.29, 1.82) is 0 Å². The van der Waals surface area contributed by atoms with E-state index in [-0.39, 0.29) is 6.09 Å². The Hall–Kier alpha value is -2.24. The van der Waals surface area contributed by atoms with Gasteiger partial charge in [0.2, 0.25) is 0 Å². The lowest BCUT2D eigenvalue weighted by Crippen LogP contribution is -2.50. The molecular weight excluding hydrogens is 292 g/mol. The van der Waals surface area contributed by atoms with Crippen LogP contribution in [0.1, 0.15) is 26.5 Å². The summed E-state index contributed by atoms with van der Waals surface area (Å²) in [5.41, 5.74) is 1.51. The van der Waals surface area contributed by atoms with Crippen molar-refractivity contribution in [3.05, 3.63) is 30.1 Å². The number of fused-ring (bicyclic) bond motifs is 1. The number of piperazine rings is 1. The first kappa shape index (κ1) is 15.6. The average molecular weight is 316 g/mol. The fraction of sp³-hybridized carbons (Fsp3) is 0.529. The molecule has 2 aromatic heterocycles. The van der Waals surface area contributed by atoms with Gasteiger partial charge in [-0.3, -0.25) is 4.40 Å². The summed E-state index contributed by atoms with van der Waals surface area (Å²) in [5, 5.41) is 0. The maximum absolute atomic E-state index is 12.1. The van der Waals surface area contributed by atoms with Crippen LogP contribution in [0.15, 0.2) is 24.4 Å². The number of carbonyl (C=O) groups excluding carboxylic acids is 1. The van der Waals surface area contributed by atoms with Gasteiger partial charge in [0, 0.05) is 32.4 Å². The van der Waals surface area contributed by atoms with Crippen molar-refractivity contribution in [2.24, 2.45) is 0 Å². The van der Waals surface area contributed by atoms with Crippen LogP contribution in [0.3, 0.4) is 0 Å². The number of aromatic nitrogens is 2. The lowest BCUT2D eigenvalue weighted by molar-refractivity contribution is 0.0240. The number of ether oxygens (including phenoxy) is 1. The highest BCUT2D eigenvalue weighted by Gasteiger charge is 2.26. The van der Waals surface area contributed by atoms with E-state index in [0.717, 1.165) is 30.2 Å². The molecule has 0 N–H and O–H groups in total. The van der Waals surface area contributed by atoms with Gasteiger partial charge in [0.15, 0.2) is 0 Å². The number of imidazole rings is 1. The number of nitrogens with zero attached hydrogens (tertiary/aromatic N) is 4. The Morgan fingerprint density at radius 2 is 1.87 bits per heavy atom. The average Bonchev–Trinajstić information content (AvgIpc) is 2.85. The van der Waals surface area contributed by atoms with Crippen LogP contribution in [0.25, 0.3) is 5.65 Å². The van der Waals surface area contributed by atoms with E-state index in [1.165, 1.54) is 0 Å². The van der Waals surface area contributed by atoms with Gasteiger partial charge in [-0.05, 0) is 39.8 Å². The summed E-state index contributed by atoms with van der Waals surface area (Å²) >= 11 is 0. The van der Waals surface area contributed by atoms with Crippen LogP contribution in [0.5, 0.6) is 0 Å². The highest BCUT2D eigenvalue weighted by atomic mass is 16.6. The Morgan fingerprint density at radius 1 is 1.17 bits per heavy atom. The van der Waals surface area contributed by atoms with E-state index < -0.39 is 5.60 Å². The predicted molar refractivity (Wildman–Crippen MR) is 89.9 cm³/mol. The monoisotopic (exact) mass is 316 g/mol. The third-order valence-corrected chi connectivity index (χ3v) is 3.85. The highest BCUT2D eigenvalue weighted by Crippen LogP contribution is 2.20. The molecule has 0 unspecified atom stereocenters. The molecule has 1 fully saturated rings. The van der Waals surface area contributed by atoms with Crippen molar-refractivity contribution < 1.29 is 9.53 Å². The molecule has 0 bridgehead atoms. The van der Waals surface area contributed by atoms with Crippen molar-refractivity contribution in [2.75, 3.05) is 31.1 Å². The molecule has 6 heteroatoms. The van der Waals surface area contributed by atoms with Crippen molar-refractivity contribution in [1.82, 2.24) is 14.3 Å². The third-order valence-electron chi connectivity index (χ3n) is 3.85. The quantitative estimate of drug-likeness (QED) is 0.812. The van der Waals surface area contributed by atoms with E-state index in [1.807, 2.05) is 46.0 Å². The minimum Gasteiger partial charge on any atom is -0.444 e. The second kappa shape index (κ2) is 5.76. The number of amides is 1. The largest absolute Gasteiger partial charge is 0.444 e. The number of carbonyl (C=O) groups is 1. The summed E-state index contributed by atoms with van der Waals surface area (Å²) in [6.07, 6.45) is 1.82. The molecule has 1 aliphatic heterocycles. The molecule has 0 radical (unpaired) electrons. The summed E-state index contributed by atoms with van der Waals surface area (Å²) in [6, 6.07) is 6.13. The van der Waals surface area contributed by atoms with E-state index in [1.54, 1.807) is 4.90 Å². The van der Waals surface area contributed by atoms with E-state index in [9.17, 15) is 4.79 Å². The molecule has 2 aromatic rings. The molecule has 3 rings (SSSR count). The number of anilines is 1. The predicted octanol–water partition coefficient (Wildman–Crippen LogP) is 2.70. The van der Waals surface area contributed by atoms with Crippen molar-refractivity contribution in [3.63, 3.8) is 0 Å². The molecule has 6 nitrogen and oxygen atoms in total. The summed E-state index contributed by atoms with van der Waals surface area (Å²) in [7, 11) is 0. The van der Waals surface area contributed by atoms with Gasteiger partial charge in [-0.1, -0.05) is 6.07 Å². The Bertz CT molecular complexity index is 709. The molecule has 1 saturated heterocycles. The van der Waals surface area contributed by atoms with Crippen LogP contribution in [-0.4, -0.2) is 52.2 Å². The smallest absolute Gasteiger partial charge is 0.410 e. The van der Waals surface area contributed by atoms with Gasteiger partial charge in [-0.25, -0.2) is 9.78 Å². The first-order chi connectivity index (χ1) is 10.8. The van der Waals surface area contributed by atoms with E-state index in [2.05, 4.69) is 20.4 Å². The van der Waals surface area contributed by atoms with Crippen LogP contribution in [-0.2, 0) is 4.74 Å². The number of pyridine rings is 1. The normalized spacial score (nSPS) is 16.0. The Balaban J connectivity index is 1.70. The fourth-order valence-electron chi connectivity index (χ4n) is 2.82. The molecule has 0 saturated carbocycles. The lowest BCUT2D eigenvalue weighted by Gasteiger charge is -2.36. The standard InChI is InChI=1S/C17H24N4O2/c1-13-12-21-14(18-13)6-5-7-15(21)19-8-10-20(11-9-19)16(22)23-17(2,3)4/h5-7,12H,8-11H2,1-4H3. The molecule has 0 spiro atoms. The second-order valence-electron chi connectivity index (χ2n) is 6.95. The molecule has 23 heavy (non-hydrogen) atoms. The summed E-state index contributed by atoms with van der Waals surface area (Å²) in [5.74, 6) is 1.12. The Labute approximate surface area is 136 Å². The molecule has 1 amide bonds. The molecule has 124 valence electrons. The lowest BCUT2D eigenvalue weighted by atomic mass is 10.2. The van der Waals surface area contributed by atoms with Gasteiger partial charge < -0.3 is 14.5 Å². The Kier molecular flexibility index (Phi) is 3.92. The maximum atomic E-state index is 12.1. The van der Waals surface area contributed by atoms with Gasteiger partial charge in [-0.15, -0.1) is 0 Å². The maximum Gasteiger partial charge on any atom is 0.410 e. The molecule has 3 heterocycles. The van der Waals surface area contributed by atoms with Gasteiger partial charge >= 0.3 is 6.09 Å². The zero-order chi connectivity index (χ0) is 16.6. The zero-order valence-electron chi connectivity index (χ0n) is 14.2. The molecule has 0 atom stereocenters. The van der Waals surface area contributed by atoms with Crippen molar-refractivity contribution >= 4 is 17.6 Å². The molecule has 0 aliphatic carbocycles. The van der Waals surface area contributed by atoms with Crippen LogP contribution in [0.2, 0.25) is 0 Å². The van der Waals surface area contributed by atoms with E-state index >= 15 is 0 Å². The van der Waals surface area contributed by atoms with Gasteiger partial charge in [0.05, 0.1) is 5.69 Å². The number of aryl methyl sites for hydroxylation is 1. The van der Waals surface area contributed by atoms with E-state index in [4.69, 9.17) is 4.74 Å². The van der Waals surface area contributed by atoms with Crippen LogP contribution >= 0.6 is 0 Å². The fourth-order valence-corrected chi connectivity index (χ4v) is 2.82. The highest BCUT2D eigenvalue weighted by molar-refractivity contribution is 5.68. The van der Waals surface area contributed by atoms with Crippen LogP contribution in [0, 0.1) is 6.92 Å². The minimum absolute atomic E-state index is 0.228.